The van der Waals surface area contributed by atoms with Crippen molar-refractivity contribution in [1.82, 2.24) is 4.98 Å². The van der Waals surface area contributed by atoms with Gasteiger partial charge in [0.1, 0.15) is 0 Å². The first kappa shape index (κ1) is 16.7. The number of halogens is 1. The van der Waals surface area contributed by atoms with Crippen LogP contribution in [-0.2, 0) is 16.4 Å². The van der Waals surface area contributed by atoms with Gasteiger partial charge in [-0.15, -0.1) is 12.4 Å². The maximum absolute atomic E-state index is 11.9. The Kier molecular flexibility index (Phi) is 7.08. The maximum atomic E-state index is 11.9. The van der Waals surface area contributed by atoms with Gasteiger partial charge in [0, 0.05) is 6.20 Å². The molecule has 0 radical (unpaired) electrons. The van der Waals surface area contributed by atoms with E-state index in [0.717, 1.165) is 0 Å². The predicted molar refractivity (Wildman–Crippen MR) is 72.7 cm³/mol. The third-order valence-corrected chi connectivity index (χ3v) is 4.57. The number of sulfone groups is 1. The molecule has 0 aliphatic carbocycles. The molecule has 4 nitrogen and oxygen atoms in total. The second-order valence-corrected chi connectivity index (χ2v) is 5.96. The van der Waals surface area contributed by atoms with Gasteiger partial charge in [-0.3, -0.25) is 4.98 Å². The molecule has 17 heavy (non-hydrogen) atoms. The molecule has 0 saturated heterocycles. The van der Waals surface area contributed by atoms with Crippen molar-refractivity contribution in [3.63, 3.8) is 0 Å². The van der Waals surface area contributed by atoms with Crippen LogP contribution in [-0.4, -0.2) is 30.0 Å². The Morgan fingerprint density at radius 3 is 2.65 bits per heavy atom. The maximum Gasteiger partial charge on any atom is 0.178 e. The number of aromatic nitrogens is 1. The Morgan fingerprint density at radius 2 is 2.12 bits per heavy atom. The fourth-order valence-corrected chi connectivity index (χ4v) is 3.39. The van der Waals surface area contributed by atoms with E-state index in [1.54, 1.807) is 6.92 Å². The van der Waals surface area contributed by atoms with Gasteiger partial charge in [0.15, 0.2) is 9.84 Å². The fourth-order valence-electron chi connectivity index (χ4n) is 1.42. The highest BCUT2D eigenvalue weighted by Crippen LogP contribution is 2.19. The summed E-state index contributed by atoms with van der Waals surface area (Å²) in [6.45, 7) is 1.41. The molecule has 98 valence electrons. The lowest BCUT2D eigenvalue weighted by molar-refractivity contribution is 0.275. The Balaban J connectivity index is 0.00000256. The molecule has 0 atom stereocenters. The molecule has 1 aromatic heterocycles. The van der Waals surface area contributed by atoms with E-state index >= 15 is 0 Å². The average Bonchev–Trinajstić information content (AvgIpc) is 2.26. The summed E-state index contributed by atoms with van der Waals surface area (Å²) in [6.07, 6.45) is 1.92. The van der Waals surface area contributed by atoms with Crippen molar-refractivity contribution in [2.45, 2.75) is 24.8 Å². The molecular weight excluding hydrogens is 282 g/mol. The van der Waals surface area contributed by atoms with Crippen LogP contribution in [0.5, 0.6) is 0 Å². The molecule has 0 bridgehead atoms. The third kappa shape index (κ3) is 4.13. The molecular formula is C10H16ClNO3S2. The lowest BCUT2D eigenvalue weighted by Gasteiger charge is -2.09. The van der Waals surface area contributed by atoms with Gasteiger partial charge in [0.05, 0.1) is 22.9 Å². The van der Waals surface area contributed by atoms with Crippen molar-refractivity contribution in [2.75, 3.05) is 11.5 Å². The third-order valence-electron chi connectivity index (χ3n) is 2.31. The fraction of sp³-hybridized carbons (Fsp3) is 0.500. The van der Waals surface area contributed by atoms with Gasteiger partial charge in [-0.2, -0.15) is 12.6 Å². The van der Waals surface area contributed by atoms with Gasteiger partial charge in [-0.05, 0) is 30.7 Å². The normalized spacial score (nSPS) is 11.0. The van der Waals surface area contributed by atoms with E-state index in [9.17, 15) is 8.42 Å². The lowest BCUT2D eigenvalue weighted by Crippen LogP contribution is -2.11. The number of hydrogen-bond donors (Lipinski definition) is 2. The molecule has 7 heteroatoms. The van der Waals surface area contributed by atoms with E-state index in [-0.39, 0.29) is 29.7 Å². The van der Waals surface area contributed by atoms with E-state index < -0.39 is 9.84 Å². The van der Waals surface area contributed by atoms with Gasteiger partial charge >= 0.3 is 0 Å². The topological polar surface area (TPSA) is 67.3 Å². The Morgan fingerprint density at radius 1 is 1.47 bits per heavy atom. The molecule has 0 spiro atoms. The zero-order chi connectivity index (χ0) is 12.2. The zero-order valence-electron chi connectivity index (χ0n) is 9.46. The first-order valence-corrected chi connectivity index (χ1v) is 7.20. The molecule has 1 rings (SSSR count). The summed E-state index contributed by atoms with van der Waals surface area (Å²) in [6, 6.07) is 1.47. The zero-order valence-corrected chi connectivity index (χ0v) is 12.0. The number of aliphatic hydroxyl groups is 1. The van der Waals surface area contributed by atoms with Gasteiger partial charge in [0.25, 0.3) is 0 Å². The molecule has 0 unspecified atom stereocenters. The van der Waals surface area contributed by atoms with Crippen LogP contribution in [0.15, 0.2) is 17.2 Å². The molecule has 1 N–H and O–H groups in total. The van der Waals surface area contributed by atoms with Crippen molar-refractivity contribution < 1.29 is 13.5 Å². The quantitative estimate of drug-likeness (QED) is 0.806. The molecule has 0 aliphatic rings. The monoisotopic (exact) mass is 297 g/mol. The highest BCUT2D eigenvalue weighted by molar-refractivity contribution is 7.91. The van der Waals surface area contributed by atoms with E-state index in [0.29, 0.717) is 23.4 Å². The molecule has 0 saturated carbocycles. The summed E-state index contributed by atoms with van der Waals surface area (Å²) in [4.78, 5) is 4.18. The Bertz CT molecular complexity index is 463. The summed E-state index contributed by atoms with van der Waals surface area (Å²) in [7, 11) is -3.29. The first-order chi connectivity index (χ1) is 7.53. The van der Waals surface area contributed by atoms with Crippen LogP contribution in [0.2, 0.25) is 0 Å². The van der Waals surface area contributed by atoms with Crippen molar-refractivity contribution in [1.29, 1.82) is 0 Å². The minimum Gasteiger partial charge on any atom is -0.390 e. The number of thiol groups is 1. The van der Waals surface area contributed by atoms with Crippen LogP contribution in [0.1, 0.15) is 17.7 Å². The molecule has 0 amide bonds. The van der Waals surface area contributed by atoms with E-state index in [1.807, 2.05) is 0 Å². The summed E-state index contributed by atoms with van der Waals surface area (Å²) in [5.74, 6) is 0.614. The van der Waals surface area contributed by atoms with Gasteiger partial charge in [0.2, 0.25) is 0 Å². The minimum atomic E-state index is -3.29. The van der Waals surface area contributed by atoms with E-state index in [4.69, 9.17) is 5.11 Å². The molecule has 1 aromatic rings. The second kappa shape index (κ2) is 7.20. The van der Waals surface area contributed by atoms with Crippen LogP contribution in [0.3, 0.4) is 0 Å². The van der Waals surface area contributed by atoms with Crippen molar-refractivity contribution in [2.24, 2.45) is 0 Å². The van der Waals surface area contributed by atoms with Crippen LogP contribution in [0, 0.1) is 6.92 Å². The SMILES string of the molecule is Cc1c(S(=O)(=O)CCCS)ccnc1CO.Cl. The highest BCUT2D eigenvalue weighted by atomic mass is 35.5. The number of nitrogens with zero attached hydrogens (tertiary/aromatic N) is 1. The summed E-state index contributed by atoms with van der Waals surface area (Å²) < 4.78 is 23.9. The minimum absolute atomic E-state index is 0. The van der Waals surface area contributed by atoms with Crippen molar-refractivity contribution in [3.8, 4) is 0 Å². The molecule has 0 aromatic carbocycles. The number of hydrogen-bond acceptors (Lipinski definition) is 5. The summed E-state index contributed by atoms with van der Waals surface area (Å²) in [5.41, 5.74) is 0.941. The standard InChI is InChI=1S/C10H15NO3S2.ClH/c1-8-9(7-12)11-4-3-10(8)16(13,14)6-2-5-15;/h3-4,12,15H,2,5-7H2,1H3;1H. The van der Waals surface area contributed by atoms with E-state index in [1.165, 1.54) is 12.3 Å². The molecule has 0 aliphatic heterocycles. The lowest BCUT2D eigenvalue weighted by atomic mass is 10.2. The Hall–Kier alpha value is -0.300. The van der Waals surface area contributed by atoms with Gasteiger partial charge in [-0.25, -0.2) is 8.42 Å². The van der Waals surface area contributed by atoms with Crippen LogP contribution in [0.4, 0.5) is 0 Å². The molecule has 1 heterocycles. The highest BCUT2D eigenvalue weighted by Gasteiger charge is 2.18. The van der Waals surface area contributed by atoms with Crippen LogP contribution in [0.25, 0.3) is 0 Å². The first-order valence-electron chi connectivity index (χ1n) is 4.92. The van der Waals surface area contributed by atoms with Crippen molar-refractivity contribution >= 4 is 34.9 Å². The van der Waals surface area contributed by atoms with Crippen molar-refractivity contribution in [3.05, 3.63) is 23.5 Å². The predicted octanol–water partition coefficient (Wildman–Crippen LogP) is 1.40. The smallest absolute Gasteiger partial charge is 0.178 e. The number of aliphatic hydroxyl groups excluding tert-OH is 1. The van der Waals surface area contributed by atoms with E-state index in [2.05, 4.69) is 17.6 Å². The number of pyridine rings is 1. The summed E-state index contributed by atoms with van der Waals surface area (Å²) in [5, 5.41) is 9.02. The van der Waals surface area contributed by atoms with Gasteiger partial charge in [-0.1, -0.05) is 0 Å². The second-order valence-electron chi connectivity index (χ2n) is 3.43. The van der Waals surface area contributed by atoms with Gasteiger partial charge < -0.3 is 5.11 Å². The van der Waals surface area contributed by atoms with Crippen LogP contribution >= 0.6 is 25.0 Å². The number of rotatable bonds is 5. The van der Waals surface area contributed by atoms with Crippen LogP contribution < -0.4 is 0 Å². The average molecular weight is 298 g/mol. The molecule has 0 fully saturated rings. The Labute approximate surface area is 113 Å². The summed E-state index contributed by atoms with van der Waals surface area (Å²) >= 11 is 3.99. The largest absolute Gasteiger partial charge is 0.390 e.